The Bertz CT molecular complexity index is 261. The van der Waals surface area contributed by atoms with Gasteiger partial charge in [-0.05, 0) is 20.3 Å². The standard InChI is InChI=1S/C13H23BrO3/c1-5-6-7-8-9-13(3,14)11(15)10(2)12(16)17-4/h10H,5-9H2,1-4H3/t10-,13-/m1/s1. The van der Waals surface area contributed by atoms with E-state index in [1.54, 1.807) is 6.92 Å². The average molecular weight is 307 g/mol. The van der Waals surface area contributed by atoms with Crippen LogP contribution in [0.1, 0.15) is 52.9 Å². The lowest BCUT2D eigenvalue weighted by Crippen LogP contribution is -2.37. The van der Waals surface area contributed by atoms with Gasteiger partial charge in [0, 0.05) is 0 Å². The first-order valence-corrected chi connectivity index (χ1v) is 6.97. The number of esters is 1. The molecule has 0 N–H and O–H groups in total. The summed E-state index contributed by atoms with van der Waals surface area (Å²) in [4.78, 5) is 23.4. The van der Waals surface area contributed by atoms with Crippen LogP contribution in [0.15, 0.2) is 0 Å². The minimum Gasteiger partial charge on any atom is -0.468 e. The van der Waals surface area contributed by atoms with Gasteiger partial charge in [-0.15, -0.1) is 0 Å². The van der Waals surface area contributed by atoms with Crippen molar-refractivity contribution < 1.29 is 14.3 Å². The molecule has 2 atom stereocenters. The molecule has 17 heavy (non-hydrogen) atoms. The van der Waals surface area contributed by atoms with Crippen molar-refractivity contribution in [2.45, 2.75) is 57.2 Å². The van der Waals surface area contributed by atoms with Crippen molar-refractivity contribution in [3.8, 4) is 0 Å². The number of ether oxygens (including phenoxy) is 1. The predicted molar refractivity (Wildman–Crippen MR) is 72.3 cm³/mol. The summed E-state index contributed by atoms with van der Waals surface area (Å²) in [6.45, 7) is 5.58. The molecule has 0 bridgehead atoms. The summed E-state index contributed by atoms with van der Waals surface area (Å²) in [7, 11) is 1.30. The van der Waals surface area contributed by atoms with Gasteiger partial charge in [-0.2, -0.15) is 0 Å². The van der Waals surface area contributed by atoms with Crippen molar-refractivity contribution in [1.29, 1.82) is 0 Å². The molecule has 0 aliphatic carbocycles. The van der Waals surface area contributed by atoms with Crippen LogP contribution in [0.4, 0.5) is 0 Å². The van der Waals surface area contributed by atoms with Crippen molar-refractivity contribution in [3.05, 3.63) is 0 Å². The molecular formula is C13H23BrO3. The van der Waals surface area contributed by atoms with E-state index in [-0.39, 0.29) is 5.78 Å². The monoisotopic (exact) mass is 306 g/mol. The SMILES string of the molecule is CCCCCC[C@@](C)(Br)C(=O)[C@@H](C)C(=O)OC. The van der Waals surface area contributed by atoms with E-state index in [2.05, 4.69) is 27.6 Å². The fourth-order valence-corrected chi connectivity index (χ4v) is 2.37. The third-order valence-electron chi connectivity index (χ3n) is 2.96. The lowest BCUT2D eigenvalue weighted by molar-refractivity contribution is -0.149. The number of carbonyl (C=O) groups excluding carboxylic acids is 2. The number of carbonyl (C=O) groups is 2. The number of alkyl halides is 1. The van der Waals surface area contributed by atoms with E-state index in [4.69, 9.17) is 0 Å². The van der Waals surface area contributed by atoms with E-state index in [1.165, 1.54) is 20.0 Å². The molecule has 0 fully saturated rings. The van der Waals surface area contributed by atoms with E-state index in [0.29, 0.717) is 0 Å². The van der Waals surface area contributed by atoms with E-state index < -0.39 is 16.2 Å². The second-order valence-electron chi connectivity index (χ2n) is 4.62. The lowest BCUT2D eigenvalue weighted by Gasteiger charge is -2.23. The molecule has 0 amide bonds. The molecular weight excluding hydrogens is 284 g/mol. The van der Waals surface area contributed by atoms with Crippen LogP contribution < -0.4 is 0 Å². The highest BCUT2D eigenvalue weighted by molar-refractivity contribution is 9.10. The molecule has 0 aromatic rings. The van der Waals surface area contributed by atoms with Crippen molar-refractivity contribution in [1.82, 2.24) is 0 Å². The maximum atomic E-state index is 12.1. The minimum absolute atomic E-state index is 0.0964. The van der Waals surface area contributed by atoms with Gasteiger partial charge < -0.3 is 4.74 Å². The highest BCUT2D eigenvalue weighted by Gasteiger charge is 2.36. The summed E-state index contributed by atoms with van der Waals surface area (Å²) in [5.41, 5.74) is 0. The largest absolute Gasteiger partial charge is 0.468 e. The molecule has 0 aliphatic heterocycles. The third kappa shape index (κ3) is 5.66. The molecule has 4 heteroatoms. The smallest absolute Gasteiger partial charge is 0.315 e. The van der Waals surface area contributed by atoms with E-state index >= 15 is 0 Å². The Hall–Kier alpha value is -0.380. The number of hydrogen-bond donors (Lipinski definition) is 0. The summed E-state index contributed by atoms with van der Waals surface area (Å²) < 4.78 is 3.97. The Morgan fingerprint density at radius 3 is 2.35 bits per heavy atom. The molecule has 0 aromatic heterocycles. The number of ketones is 1. The van der Waals surface area contributed by atoms with Crippen LogP contribution in [0.2, 0.25) is 0 Å². The van der Waals surface area contributed by atoms with Crippen LogP contribution in [-0.2, 0) is 14.3 Å². The van der Waals surface area contributed by atoms with E-state index in [9.17, 15) is 9.59 Å². The predicted octanol–water partition coefficient (Wildman–Crippen LogP) is 3.49. The molecule has 0 spiro atoms. The van der Waals surface area contributed by atoms with Gasteiger partial charge in [0.15, 0.2) is 5.78 Å². The topological polar surface area (TPSA) is 43.4 Å². The molecule has 0 rings (SSSR count). The molecule has 0 radical (unpaired) electrons. The number of Topliss-reactive ketones (excluding diaryl/α,β-unsaturated/α-hetero) is 1. The fourth-order valence-electron chi connectivity index (χ4n) is 1.74. The summed E-state index contributed by atoms with van der Waals surface area (Å²) in [6.07, 6.45) is 5.23. The molecule has 0 heterocycles. The van der Waals surface area contributed by atoms with Gasteiger partial charge >= 0.3 is 5.97 Å². The van der Waals surface area contributed by atoms with Crippen LogP contribution in [0, 0.1) is 5.92 Å². The van der Waals surface area contributed by atoms with Crippen LogP contribution in [0.5, 0.6) is 0 Å². The lowest BCUT2D eigenvalue weighted by atomic mass is 9.91. The molecule has 0 unspecified atom stereocenters. The van der Waals surface area contributed by atoms with Gasteiger partial charge in [0.05, 0.1) is 11.4 Å². The number of hydrogen-bond acceptors (Lipinski definition) is 3. The maximum Gasteiger partial charge on any atom is 0.315 e. The molecule has 100 valence electrons. The normalized spacial score (nSPS) is 16.1. The first-order valence-electron chi connectivity index (χ1n) is 6.17. The number of unbranched alkanes of at least 4 members (excludes halogenated alkanes) is 3. The Kier molecular flexibility index (Phi) is 7.68. The zero-order valence-electron chi connectivity index (χ0n) is 11.2. The summed E-state index contributed by atoms with van der Waals surface area (Å²) >= 11 is 3.44. The number of methoxy groups -OCH3 is 1. The highest BCUT2D eigenvalue weighted by atomic mass is 79.9. The summed E-state index contributed by atoms with van der Waals surface area (Å²) in [6, 6.07) is 0. The maximum absolute atomic E-state index is 12.1. The molecule has 0 aromatic carbocycles. The molecule has 0 aliphatic rings. The molecule has 0 saturated heterocycles. The Balaban J connectivity index is 4.28. The second-order valence-corrected chi connectivity index (χ2v) is 6.37. The van der Waals surface area contributed by atoms with Gasteiger partial charge in [-0.1, -0.05) is 48.5 Å². The Morgan fingerprint density at radius 1 is 1.29 bits per heavy atom. The first-order chi connectivity index (χ1) is 7.86. The zero-order valence-corrected chi connectivity index (χ0v) is 12.8. The Morgan fingerprint density at radius 2 is 1.88 bits per heavy atom. The van der Waals surface area contributed by atoms with Crippen molar-refractivity contribution in [2.75, 3.05) is 7.11 Å². The van der Waals surface area contributed by atoms with Gasteiger partial charge in [-0.25, -0.2) is 0 Å². The average Bonchev–Trinajstić information content (AvgIpc) is 2.31. The molecule has 0 saturated carbocycles. The summed E-state index contributed by atoms with van der Waals surface area (Å²) in [5.74, 6) is -1.26. The number of halogens is 1. The van der Waals surface area contributed by atoms with Gasteiger partial charge in [0.25, 0.3) is 0 Å². The van der Waals surface area contributed by atoms with Gasteiger partial charge in [-0.3, -0.25) is 9.59 Å². The van der Waals surface area contributed by atoms with Crippen LogP contribution in [0.25, 0.3) is 0 Å². The van der Waals surface area contributed by atoms with Crippen LogP contribution >= 0.6 is 15.9 Å². The quantitative estimate of drug-likeness (QED) is 0.298. The van der Waals surface area contributed by atoms with Gasteiger partial charge in [0.2, 0.25) is 0 Å². The van der Waals surface area contributed by atoms with E-state index in [1.807, 2.05) is 6.92 Å². The van der Waals surface area contributed by atoms with Gasteiger partial charge in [0.1, 0.15) is 5.92 Å². The third-order valence-corrected chi connectivity index (χ3v) is 3.75. The zero-order chi connectivity index (χ0) is 13.5. The first kappa shape index (κ1) is 16.6. The number of rotatable bonds is 8. The Labute approximate surface area is 112 Å². The summed E-state index contributed by atoms with van der Waals surface area (Å²) in [5, 5.41) is 0. The van der Waals surface area contributed by atoms with Crippen molar-refractivity contribution >= 4 is 27.7 Å². The fraction of sp³-hybridized carbons (Fsp3) is 0.846. The van der Waals surface area contributed by atoms with Crippen LogP contribution in [0.3, 0.4) is 0 Å². The van der Waals surface area contributed by atoms with E-state index in [0.717, 1.165) is 19.3 Å². The van der Waals surface area contributed by atoms with Crippen molar-refractivity contribution in [2.24, 2.45) is 5.92 Å². The van der Waals surface area contributed by atoms with Crippen LogP contribution in [-0.4, -0.2) is 23.2 Å². The molecule has 3 nitrogen and oxygen atoms in total. The highest BCUT2D eigenvalue weighted by Crippen LogP contribution is 2.29. The minimum atomic E-state index is -0.699. The van der Waals surface area contributed by atoms with Crippen molar-refractivity contribution in [3.63, 3.8) is 0 Å². The second kappa shape index (κ2) is 7.85.